The molecule has 1 aliphatic heterocycles. The number of carbonyl (C=O) groups is 1. The average molecular weight is 282 g/mol. The molecule has 0 spiro atoms. The largest absolute Gasteiger partial charge is 0.398 e. The molecule has 1 atom stereocenters. The van der Waals surface area contributed by atoms with Crippen LogP contribution >= 0.6 is 11.6 Å². The van der Waals surface area contributed by atoms with E-state index in [1.807, 2.05) is 0 Å². The van der Waals surface area contributed by atoms with Crippen LogP contribution in [-0.2, 0) is 0 Å². The number of nitrogen functional groups attached to an aromatic ring is 1. The molecule has 0 radical (unpaired) electrons. The molecule has 2 rings (SSSR count). The number of nitrogens with two attached hydrogens (primary N) is 1. The van der Waals surface area contributed by atoms with E-state index >= 15 is 0 Å². The molecule has 0 bridgehead atoms. The maximum absolute atomic E-state index is 12.0. The molecule has 1 aromatic rings. The van der Waals surface area contributed by atoms with E-state index in [9.17, 15) is 4.79 Å². The molecule has 1 aromatic carbocycles. The summed E-state index contributed by atoms with van der Waals surface area (Å²) in [5.74, 6) is 0.448. The van der Waals surface area contributed by atoms with Gasteiger partial charge < -0.3 is 16.0 Å². The van der Waals surface area contributed by atoms with E-state index < -0.39 is 0 Å². The second-order valence-corrected chi connectivity index (χ2v) is 5.62. The number of rotatable bonds is 3. The predicted molar refractivity (Wildman–Crippen MR) is 78.4 cm³/mol. The van der Waals surface area contributed by atoms with Gasteiger partial charge in [0.05, 0.1) is 10.7 Å². The Balaban J connectivity index is 1.88. The Morgan fingerprint density at radius 1 is 1.58 bits per heavy atom. The number of nitrogens with one attached hydrogen (secondary N) is 1. The molecule has 0 saturated carbocycles. The molecule has 1 amide bonds. The van der Waals surface area contributed by atoms with Gasteiger partial charge in [0.1, 0.15) is 0 Å². The van der Waals surface area contributed by atoms with E-state index in [0.717, 1.165) is 13.1 Å². The van der Waals surface area contributed by atoms with Crippen molar-refractivity contribution in [3.8, 4) is 0 Å². The lowest BCUT2D eigenvalue weighted by Crippen LogP contribution is -2.39. The van der Waals surface area contributed by atoms with Gasteiger partial charge in [0.25, 0.3) is 5.91 Å². The second kappa shape index (κ2) is 6.26. The fourth-order valence-corrected chi connectivity index (χ4v) is 2.58. The van der Waals surface area contributed by atoms with E-state index in [2.05, 4.69) is 17.3 Å². The standard InChI is InChI=1S/C14H20ClN3O/c1-18-6-2-3-10(9-18)8-17-14(19)11-4-5-12(15)13(16)7-11/h4-5,7,10H,2-3,6,8-9,16H2,1H3,(H,17,19). The van der Waals surface area contributed by atoms with Crippen LogP contribution in [0.4, 0.5) is 5.69 Å². The van der Waals surface area contributed by atoms with Crippen molar-refractivity contribution in [2.24, 2.45) is 5.92 Å². The number of likely N-dealkylation sites (tertiary alicyclic amines) is 1. The van der Waals surface area contributed by atoms with Crippen molar-refractivity contribution in [2.45, 2.75) is 12.8 Å². The lowest BCUT2D eigenvalue weighted by Gasteiger charge is -2.29. The predicted octanol–water partition coefficient (Wildman–Crippen LogP) is 1.99. The SMILES string of the molecule is CN1CCCC(CNC(=O)c2ccc(Cl)c(N)c2)C1. The summed E-state index contributed by atoms with van der Waals surface area (Å²) < 4.78 is 0. The van der Waals surface area contributed by atoms with Crippen LogP contribution in [0, 0.1) is 5.92 Å². The van der Waals surface area contributed by atoms with Crippen molar-refractivity contribution in [3.63, 3.8) is 0 Å². The smallest absolute Gasteiger partial charge is 0.251 e. The van der Waals surface area contributed by atoms with Gasteiger partial charge in [-0.05, 0) is 50.6 Å². The molecular formula is C14H20ClN3O. The Labute approximate surface area is 118 Å². The number of halogens is 1. The Hall–Kier alpha value is -1.26. The van der Waals surface area contributed by atoms with Crippen LogP contribution in [0.15, 0.2) is 18.2 Å². The van der Waals surface area contributed by atoms with Gasteiger partial charge in [0.2, 0.25) is 0 Å². The van der Waals surface area contributed by atoms with Crippen molar-refractivity contribution in [3.05, 3.63) is 28.8 Å². The quantitative estimate of drug-likeness (QED) is 0.833. The van der Waals surface area contributed by atoms with Crippen molar-refractivity contribution in [1.82, 2.24) is 10.2 Å². The molecule has 5 heteroatoms. The minimum absolute atomic E-state index is 0.0865. The number of anilines is 1. The zero-order chi connectivity index (χ0) is 13.8. The van der Waals surface area contributed by atoms with Crippen molar-refractivity contribution in [2.75, 3.05) is 32.4 Å². The Kier molecular flexibility index (Phi) is 4.66. The summed E-state index contributed by atoms with van der Waals surface area (Å²) in [6, 6.07) is 4.96. The first-order chi connectivity index (χ1) is 9.06. The van der Waals surface area contributed by atoms with Crippen LogP contribution in [0.5, 0.6) is 0 Å². The molecule has 1 aliphatic rings. The highest BCUT2D eigenvalue weighted by molar-refractivity contribution is 6.33. The highest BCUT2D eigenvalue weighted by atomic mass is 35.5. The fourth-order valence-electron chi connectivity index (χ4n) is 2.46. The first kappa shape index (κ1) is 14.2. The van der Waals surface area contributed by atoms with Gasteiger partial charge in [0, 0.05) is 18.7 Å². The van der Waals surface area contributed by atoms with Crippen LogP contribution < -0.4 is 11.1 Å². The van der Waals surface area contributed by atoms with Crippen LogP contribution in [0.1, 0.15) is 23.2 Å². The van der Waals surface area contributed by atoms with Gasteiger partial charge in [-0.2, -0.15) is 0 Å². The summed E-state index contributed by atoms with van der Waals surface area (Å²) in [4.78, 5) is 14.3. The van der Waals surface area contributed by atoms with E-state index in [1.165, 1.54) is 12.8 Å². The zero-order valence-electron chi connectivity index (χ0n) is 11.2. The number of benzene rings is 1. The third kappa shape index (κ3) is 3.85. The molecule has 3 N–H and O–H groups in total. The lowest BCUT2D eigenvalue weighted by molar-refractivity contribution is 0.0937. The number of piperidine rings is 1. The third-order valence-electron chi connectivity index (χ3n) is 3.53. The van der Waals surface area contributed by atoms with E-state index in [4.69, 9.17) is 17.3 Å². The minimum Gasteiger partial charge on any atom is -0.398 e. The van der Waals surface area contributed by atoms with Gasteiger partial charge in [-0.15, -0.1) is 0 Å². The molecule has 0 aliphatic carbocycles. The number of nitrogens with zero attached hydrogens (tertiary/aromatic N) is 1. The van der Waals surface area contributed by atoms with Gasteiger partial charge >= 0.3 is 0 Å². The summed E-state index contributed by atoms with van der Waals surface area (Å²) in [5.41, 5.74) is 6.69. The molecule has 1 unspecified atom stereocenters. The number of hydrogen-bond donors (Lipinski definition) is 2. The summed E-state index contributed by atoms with van der Waals surface area (Å²) >= 11 is 5.84. The summed E-state index contributed by atoms with van der Waals surface area (Å²) in [6.45, 7) is 2.91. The minimum atomic E-state index is -0.0865. The van der Waals surface area contributed by atoms with E-state index in [1.54, 1.807) is 18.2 Å². The van der Waals surface area contributed by atoms with Gasteiger partial charge in [-0.25, -0.2) is 0 Å². The molecular weight excluding hydrogens is 262 g/mol. The Bertz CT molecular complexity index is 464. The van der Waals surface area contributed by atoms with Crippen molar-refractivity contribution >= 4 is 23.2 Å². The average Bonchev–Trinajstić information content (AvgIpc) is 2.39. The van der Waals surface area contributed by atoms with Crippen molar-refractivity contribution < 1.29 is 4.79 Å². The monoisotopic (exact) mass is 281 g/mol. The molecule has 4 nitrogen and oxygen atoms in total. The Morgan fingerprint density at radius 3 is 3.05 bits per heavy atom. The summed E-state index contributed by atoms with van der Waals surface area (Å²) in [5, 5.41) is 3.45. The molecule has 1 saturated heterocycles. The lowest BCUT2D eigenvalue weighted by atomic mass is 9.98. The van der Waals surface area contributed by atoms with Gasteiger partial charge in [0.15, 0.2) is 0 Å². The zero-order valence-corrected chi connectivity index (χ0v) is 11.9. The first-order valence-electron chi connectivity index (χ1n) is 6.58. The van der Waals surface area contributed by atoms with Crippen LogP contribution in [0.2, 0.25) is 5.02 Å². The number of amides is 1. The molecule has 19 heavy (non-hydrogen) atoms. The Morgan fingerprint density at radius 2 is 2.37 bits per heavy atom. The maximum Gasteiger partial charge on any atom is 0.251 e. The summed E-state index contributed by atoms with van der Waals surface area (Å²) in [6.07, 6.45) is 2.37. The normalized spacial score (nSPS) is 20.2. The van der Waals surface area contributed by atoms with Crippen molar-refractivity contribution in [1.29, 1.82) is 0 Å². The van der Waals surface area contributed by atoms with E-state index in [0.29, 0.717) is 28.7 Å². The molecule has 0 aromatic heterocycles. The fraction of sp³-hybridized carbons (Fsp3) is 0.500. The van der Waals surface area contributed by atoms with Crippen LogP contribution in [0.3, 0.4) is 0 Å². The summed E-state index contributed by atoms with van der Waals surface area (Å²) in [7, 11) is 2.12. The second-order valence-electron chi connectivity index (χ2n) is 5.22. The third-order valence-corrected chi connectivity index (χ3v) is 3.88. The van der Waals surface area contributed by atoms with Crippen LogP contribution in [-0.4, -0.2) is 37.5 Å². The number of carbonyl (C=O) groups excluding carboxylic acids is 1. The molecule has 104 valence electrons. The first-order valence-corrected chi connectivity index (χ1v) is 6.96. The van der Waals surface area contributed by atoms with E-state index in [-0.39, 0.29) is 5.91 Å². The van der Waals surface area contributed by atoms with Crippen LogP contribution in [0.25, 0.3) is 0 Å². The topological polar surface area (TPSA) is 58.4 Å². The van der Waals surface area contributed by atoms with Gasteiger partial charge in [-0.3, -0.25) is 4.79 Å². The highest BCUT2D eigenvalue weighted by Gasteiger charge is 2.18. The molecule has 1 fully saturated rings. The number of hydrogen-bond acceptors (Lipinski definition) is 3. The highest BCUT2D eigenvalue weighted by Crippen LogP contribution is 2.19. The molecule has 1 heterocycles. The van der Waals surface area contributed by atoms with Gasteiger partial charge in [-0.1, -0.05) is 11.6 Å². The maximum atomic E-state index is 12.0.